The Hall–Kier alpha value is -1.10. The largest absolute Gasteiger partial charge is 0.481 e. The van der Waals surface area contributed by atoms with Crippen LogP contribution in [0.5, 0.6) is 0 Å². The van der Waals surface area contributed by atoms with Crippen molar-refractivity contribution in [2.24, 2.45) is 17.1 Å². The first-order valence-electron chi connectivity index (χ1n) is 8.16. The van der Waals surface area contributed by atoms with Crippen molar-refractivity contribution in [3.63, 3.8) is 0 Å². The van der Waals surface area contributed by atoms with Crippen molar-refractivity contribution in [1.29, 1.82) is 0 Å². The van der Waals surface area contributed by atoms with E-state index < -0.39 is 5.97 Å². The van der Waals surface area contributed by atoms with Crippen LogP contribution in [0, 0.1) is 11.3 Å². The summed E-state index contributed by atoms with van der Waals surface area (Å²) in [5.74, 6) is -0.264. The van der Waals surface area contributed by atoms with Crippen molar-refractivity contribution in [2.75, 3.05) is 13.1 Å². The standard InChI is InChI=1S/C16H30N2O3/c1-13(7-10-17)5-6-14(19)18-12-16(11-15(20)21)8-3-2-4-9-16/h13H,2-12,17H2,1H3,(H,18,19)(H,20,21). The zero-order valence-corrected chi connectivity index (χ0v) is 13.2. The normalized spacial score (nSPS) is 19.0. The molecule has 0 bridgehead atoms. The molecule has 122 valence electrons. The topological polar surface area (TPSA) is 92.4 Å². The number of carbonyl (C=O) groups is 2. The minimum atomic E-state index is -0.761. The van der Waals surface area contributed by atoms with E-state index in [4.69, 9.17) is 10.8 Å². The van der Waals surface area contributed by atoms with E-state index in [1.165, 1.54) is 6.42 Å². The van der Waals surface area contributed by atoms with Crippen LogP contribution >= 0.6 is 0 Å². The molecule has 0 spiro atoms. The first kappa shape index (κ1) is 18.0. The van der Waals surface area contributed by atoms with Gasteiger partial charge in [-0.15, -0.1) is 0 Å². The SMILES string of the molecule is CC(CCN)CCC(=O)NCC1(CC(=O)O)CCCCC1. The van der Waals surface area contributed by atoms with E-state index in [0.717, 1.165) is 38.5 Å². The van der Waals surface area contributed by atoms with Gasteiger partial charge in [-0.1, -0.05) is 26.2 Å². The molecule has 0 aromatic carbocycles. The van der Waals surface area contributed by atoms with Crippen molar-refractivity contribution in [3.05, 3.63) is 0 Å². The van der Waals surface area contributed by atoms with Gasteiger partial charge in [0.2, 0.25) is 5.91 Å². The Bertz CT molecular complexity index is 338. The second kappa shape index (κ2) is 9.03. The maximum absolute atomic E-state index is 11.9. The van der Waals surface area contributed by atoms with Gasteiger partial charge in [-0.05, 0) is 43.6 Å². The molecule has 0 aromatic heterocycles. The van der Waals surface area contributed by atoms with Gasteiger partial charge in [0.15, 0.2) is 0 Å². The molecule has 5 nitrogen and oxygen atoms in total. The van der Waals surface area contributed by atoms with Crippen LogP contribution < -0.4 is 11.1 Å². The van der Waals surface area contributed by atoms with Crippen molar-refractivity contribution < 1.29 is 14.7 Å². The number of carboxylic acid groups (broad SMARTS) is 1. The monoisotopic (exact) mass is 298 g/mol. The number of nitrogens with one attached hydrogen (secondary N) is 1. The van der Waals surface area contributed by atoms with Gasteiger partial charge in [0.1, 0.15) is 0 Å². The van der Waals surface area contributed by atoms with Crippen LogP contribution in [0.15, 0.2) is 0 Å². The molecule has 1 fully saturated rings. The first-order valence-corrected chi connectivity index (χ1v) is 8.16. The summed E-state index contributed by atoms with van der Waals surface area (Å²) in [5, 5.41) is 12.1. The van der Waals surface area contributed by atoms with Gasteiger partial charge < -0.3 is 16.2 Å². The molecule has 1 saturated carbocycles. The average Bonchev–Trinajstić information content (AvgIpc) is 2.43. The van der Waals surface area contributed by atoms with Gasteiger partial charge in [-0.3, -0.25) is 9.59 Å². The number of rotatable bonds is 9. The Morgan fingerprint density at radius 1 is 1.24 bits per heavy atom. The quantitative estimate of drug-likeness (QED) is 0.609. The summed E-state index contributed by atoms with van der Waals surface area (Å²) >= 11 is 0. The number of aliphatic carboxylic acids is 1. The maximum Gasteiger partial charge on any atom is 0.303 e. The zero-order chi connectivity index (χ0) is 15.7. The fraction of sp³-hybridized carbons (Fsp3) is 0.875. The number of carboxylic acids is 1. The molecule has 4 N–H and O–H groups in total. The van der Waals surface area contributed by atoms with Crippen LogP contribution in [-0.4, -0.2) is 30.1 Å². The molecule has 1 rings (SSSR count). The van der Waals surface area contributed by atoms with Crippen molar-refractivity contribution >= 4 is 11.9 Å². The fourth-order valence-electron chi connectivity index (χ4n) is 3.22. The molecule has 1 atom stereocenters. The lowest BCUT2D eigenvalue weighted by molar-refractivity contribution is -0.140. The van der Waals surface area contributed by atoms with Crippen LogP contribution in [0.2, 0.25) is 0 Å². The van der Waals surface area contributed by atoms with E-state index in [-0.39, 0.29) is 17.7 Å². The van der Waals surface area contributed by atoms with Crippen LogP contribution in [0.1, 0.15) is 64.7 Å². The van der Waals surface area contributed by atoms with Crippen molar-refractivity contribution in [2.45, 2.75) is 64.7 Å². The van der Waals surface area contributed by atoms with Gasteiger partial charge >= 0.3 is 5.97 Å². The average molecular weight is 298 g/mol. The summed E-state index contributed by atoms with van der Waals surface area (Å²) in [4.78, 5) is 23.0. The van der Waals surface area contributed by atoms with Gasteiger partial charge in [0, 0.05) is 13.0 Å². The number of carbonyl (C=O) groups excluding carboxylic acids is 1. The third kappa shape index (κ3) is 6.93. The lowest BCUT2D eigenvalue weighted by Gasteiger charge is -2.36. The van der Waals surface area contributed by atoms with Crippen LogP contribution in [0.4, 0.5) is 0 Å². The lowest BCUT2D eigenvalue weighted by atomic mass is 9.71. The minimum absolute atomic E-state index is 0.0363. The summed E-state index contributed by atoms with van der Waals surface area (Å²) in [7, 11) is 0. The number of hydrogen-bond acceptors (Lipinski definition) is 3. The Labute approximate surface area is 127 Å². The highest BCUT2D eigenvalue weighted by atomic mass is 16.4. The third-order valence-electron chi connectivity index (χ3n) is 4.62. The maximum atomic E-state index is 11.9. The predicted octanol–water partition coefficient (Wildman–Crippen LogP) is 2.29. The zero-order valence-electron chi connectivity index (χ0n) is 13.2. The summed E-state index contributed by atoms with van der Waals surface area (Å²) in [5.41, 5.74) is 5.27. The van der Waals surface area contributed by atoms with Gasteiger partial charge in [-0.25, -0.2) is 0 Å². The highest BCUT2D eigenvalue weighted by molar-refractivity contribution is 5.76. The Kier molecular flexibility index (Phi) is 7.72. The van der Waals surface area contributed by atoms with Crippen LogP contribution in [0.25, 0.3) is 0 Å². The molecule has 1 amide bonds. The van der Waals surface area contributed by atoms with Gasteiger partial charge in [-0.2, -0.15) is 0 Å². The Balaban J connectivity index is 2.38. The van der Waals surface area contributed by atoms with Crippen molar-refractivity contribution in [1.82, 2.24) is 5.32 Å². The highest BCUT2D eigenvalue weighted by Crippen LogP contribution is 2.38. The molecule has 0 aliphatic heterocycles. The second-order valence-corrected chi connectivity index (χ2v) is 6.63. The van der Waals surface area contributed by atoms with Crippen molar-refractivity contribution in [3.8, 4) is 0 Å². The molecular formula is C16H30N2O3. The van der Waals surface area contributed by atoms with Gasteiger partial charge in [0.25, 0.3) is 0 Å². The summed E-state index contributed by atoms with van der Waals surface area (Å²) in [6.07, 6.45) is 7.57. The molecule has 0 saturated heterocycles. The van der Waals surface area contributed by atoms with E-state index in [1.807, 2.05) is 0 Å². The Morgan fingerprint density at radius 3 is 2.48 bits per heavy atom. The highest BCUT2D eigenvalue weighted by Gasteiger charge is 2.34. The number of nitrogens with two attached hydrogens (primary N) is 1. The number of hydrogen-bond donors (Lipinski definition) is 3. The number of amides is 1. The van der Waals surface area contributed by atoms with E-state index in [1.54, 1.807) is 0 Å². The summed E-state index contributed by atoms with van der Waals surface area (Å²) in [6.45, 7) is 3.26. The first-order chi connectivity index (χ1) is 9.97. The van der Waals surface area contributed by atoms with E-state index >= 15 is 0 Å². The molecule has 0 aromatic rings. The van der Waals surface area contributed by atoms with Crippen LogP contribution in [0.3, 0.4) is 0 Å². The molecule has 1 aliphatic carbocycles. The molecular weight excluding hydrogens is 268 g/mol. The van der Waals surface area contributed by atoms with E-state index in [2.05, 4.69) is 12.2 Å². The van der Waals surface area contributed by atoms with Gasteiger partial charge in [0.05, 0.1) is 6.42 Å². The fourth-order valence-corrected chi connectivity index (χ4v) is 3.22. The molecule has 0 radical (unpaired) electrons. The second-order valence-electron chi connectivity index (χ2n) is 6.63. The summed E-state index contributed by atoms with van der Waals surface area (Å²) in [6, 6.07) is 0. The van der Waals surface area contributed by atoms with E-state index in [9.17, 15) is 9.59 Å². The third-order valence-corrected chi connectivity index (χ3v) is 4.62. The molecule has 21 heavy (non-hydrogen) atoms. The van der Waals surface area contributed by atoms with E-state index in [0.29, 0.717) is 25.4 Å². The predicted molar refractivity (Wildman–Crippen MR) is 82.8 cm³/mol. The lowest BCUT2D eigenvalue weighted by Crippen LogP contribution is -2.40. The molecule has 1 aliphatic rings. The molecule has 5 heteroatoms. The smallest absolute Gasteiger partial charge is 0.303 e. The minimum Gasteiger partial charge on any atom is -0.481 e. The molecule has 0 heterocycles. The Morgan fingerprint density at radius 2 is 1.90 bits per heavy atom. The van der Waals surface area contributed by atoms with Crippen LogP contribution in [-0.2, 0) is 9.59 Å². The molecule has 1 unspecified atom stereocenters. The summed E-state index contributed by atoms with van der Waals surface area (Å²) < 4.78 is 0.